The topological polar surface area (TPSA) is 9.23 Å². The van der Waals surface area contributed by atoms with E-state index in [4.69, 9.17) is 0 Å². The molecule has 0 N–H and O–H groups in total. The van der Waals surface area contributed by atoms with Crippen molar-refractivity contribution in [1.29, 1.82) is 0 Å². The highest BCUT2D eigenvalue weighted by molar-refractivity contribution is 4.86. The van der Waals surface area contributed by atoms with Gasteiger partial charge in [-0.05, 0) is 19.3 Å². The van der Waals surface area contributed by atoms with Crippen LogP contribution >= 0.6 is 0 Å². The lowest BCUT2D eigenvalue weighted by Gasteiger charge is -2.25. The van der Waals surface area contributed by atoms with Gasteiger partial charge in [0.2, 0.25) is 0 Å². The maximum absolute atomic E-state index is 11.3. The van der Waals surface area contributed by atoms with Crippen molar-refractivity contribution in [3.05, 3.63) is 6.42 Å². The van der Waals surface area contributed by atoms with E-state index >= 15 is 0 Å². The van der Waals surface area contributed by atoms with Crippen LogP contribution in [0.4, 0.5) is 13.2 Å². The number of rotatable bonds is 1. The zero-order valence-electron chi connectivity index (χ0n) is 4.61. The lowest BCUT2D eigenvalue weighted by atomic mass is 9.96. The number of hydrogen-bond donors (Lipinski definition) is 0. The standard InChI is InChI=1S/C5H6F3O/c6-5(7,8)9-4-2-1-3-4/h1,4H,2-3H2. The molecule has 1 rings (SSSR count). The SMILES string of the molecule is FC(F)(F)OC1C[CH]C1. The molecule has 0 saturated heterocycles. The van der Waals surface area contributed by atoms with Crippen LogP contribution in [0.15, 0.2) is 0 Å². The van der Waals surface area contributed by atoms with Gasteiger partial charge in [-0.3, -0.25) is 4.74 Å². The van der Waals surface area contributed by atoms with Crippen molar-refractivity contribution in [2.24, 2.45) is 0 Å². The van der Waals surface area contributed by atoms with E-state index in [0.717, 1.165) is 0 Å². The van der Waals surface area contributed by atoms with E-state index in [1.807, 2.05) is 0 Å². The van der Waals surface area contributed by atoms with E-state index in [2.05, 4.69) is 4.74 Å². The van der Waals surface area contributed by atoms with Crippen molar-refractivity contribution < 1.29 is 17.9 Å². The normalized spacial score (nSPS) is 21.7. The fraction of sp³-hybridized carbons (Fsp3) is 0.800. The van der Waals surface area contributed by atoms with Crippen LogP contribution < -0.4 is 0 Å². The molecule has 0 heterocycles. The summed E-state index contributed by atoms with van der Waals surface area (Å²) in [6, 6.07) is 0. The average Bonchev–Trinajstić information content (AvgIpc) is 1.53. The summed E-state index contributed by atoms with van der Waals surface area (Å²) in [5.74, 6) is 0. The lowest BCUT2D eigenvalue weighted by molar-refractivity contribution is -0.347. The minimum atomic E-state index is -4.45. The fourth-order valence-corrected chi connectivity index (χ4v) is 0.588. The third kappa shape index (κ3) is 2.22. The number of alkyl halides is 3. The monoisotopic (exact) mass is 139 g/mol. The molecule has 0 atom stereocenters. The Hall–Kier alpha value is -0.250. The van der Waals surface area contributed by atoms with Crippen LogP contribution in [-0.2, 0) is 4.74 Å². The van der Waals surface area contributed by atoms with Crippen molar-refractivity contribution in [2.45, 2.75) is 25.3 Å². The summed E-state index contributed by atoms with van der Waals surface area (Å²) in [6.45, 7) is 0. The zero-order valence-corrected chi connectivity index (χ0v) is 4.61. The number of halogens is 3. The van der Waals surface area contributed by atoms with E-state index in [-0.39, 0.29) is 0 Å². The second-order valence-corrected chi connectivity index (χ2v) is 1.95. The minimum absolute atomic E-state index is 0.430. The molecule has 4 heteroatoms. The van der Waals surface area contributed by atoms with Crippen LogP contribution in [0.25, 0.3) is 0 Å². The van der Waals surface area contributed by atoms with Crippen molar-refractivity contribution >= 4 is 0 Å². The summed E-state index contributed by atoms with van der Waals surface area (Å²) < 4.78 is 37.5. The second-order valence-electron chi connectivity index (χ2n) is 1.95. The molecule has 53 valence electrons. The highest BCUT2D eigenvalue weighted by Crippen LogP contribution is 2.28. The summed E-state index contributed by atoms with van der Waals surface area (Å²) in [5, 5.41) is 0. The highest BCUT2D eigenvalue weighted by Gasteiger charge is 2.35. The van der Waals surface area contributed by atoms with Crippen molar-refractivity contribution in [1.82, 2.24) is 0 Å². The van der Waals surface area contributed by atoms with Gasteiger partial charge in [-0.15, -0.1) is 13.2 Å². The maximum Gasteiger partial charge on any atom is 0.522 e. The van der Waals surface area contributed by atoms with Gasteiger partial charge >= 0.3 is 6.36 Å². The molecule has 0 amide bonds. The summed E-state index contributed by atoms with van der Waals surface area (Å²) in [4.78, 5) is 0. The van der Waals surface area contributed by atoms with E-state index in [1.54, 1.807) is 6.42 Å². The first-order valence-electron chi connectivity index (χ1n) is 2.64. The van der Waals surface area contributed by atoms with E-state index in [9.17, 15) is 13.2 Å². The molecule has 1 saturated carbocycles. The summed E-state index contributed by atoms with van der Waals surface area (Å²) in [7, 11) is 0. The molecule has 0 bridgehead atoms. The first kappa shape index (κ1) is 6.86. The Morgan fingerprint density at radius 3 is 2.00 bits per heavy atom. The van der Waals surface area contributed by atoms with Gasteiger partial charge < -0.3 is 0 Å². The summed E-state index contributed by atoms with van der Waals surface area (Å²) in [6.07, 6.45) is -2.43. The number of ether oxygens (including phenoxy) is 1. The van der Waals surface area contributed by atoms with Crippen LogP contribution in [0, 0.1) is 6.42 Å². The van der Waals surface area contributed by atoms with Gasteiger partial charge in [0.15, 0.2) is 0 Å². The average molecular weight is 139 g/mol. The predicted molar refractivity (Wildman–Crippen MR) is 24.5 cm³/mol. The molecule has 1 fully saturated rings. The molecule has 0 unspecified atom stereocenters. The molecule has 1 radical (unpaired) electrons. The Balaban J connectivity index is 2.16. The van der Waals surface area contributed by atoms with Gasteiger partial charge in [0.25, 0.3) is 0 Å². The van der Waals surface area contributed by atoms with Crippen LogP contribution in [0.2, 0.25) is 0 Å². The smallest absolute Gasteiger partial charge is 0.289 e. The first-order chi connectivity index (χ1) is 4.08. The fourth-order valence-electron chi connectivity index (χ4n) is 0.588. The highest BCUT2D eigenvalue weighted by atomic mass is 19.4. The Kier molecular flexibility index (Phi) is 1.66. The second kappa shape index (κ2) is 2.17. The van der Waals surface area contributed by atoms with Gasteiger partial charge in [0.05, 0.1) is 6.10 Å². The molecule has 1 aliphatic carbocycles. The van der Waals surface area contributed by atoms with Gasteiger partial charge in [-0.25, -0.2) is 0 Å². The third-order valence-electron chi connectivity index (χ3n) is 1.16. The Labute approximate surface area is 50.8 Å². The van der Waals surface area contributed by atoms with Gasteiger partial charge in [-0.1, -0.05) is 0 Å². The van der Waals surface area contributed by atoms with Crippen LogP contribution in [0.5, 0.6) is 0 Å². The number of hydrogen-bond acceptors (Lipinski definition) is 1. The Morgan fingerprint density at radius 2 is 1.89 bits per heavy atom. The van der Waals surface area contributed by atoms with Crippen molar-refractivity contribution in [3.63, 3.8) is 0 Å². The maximum atomic E-state index is 11.3. The minimum Gasteiger partial charge on any atom is -0.289 e. The van der Waals surface area contributed by atoms with Gasteiger partial charge in [0, 0.05) is 0 Å². The van der Waals surface area contributed by atoms with E-state index < -0.39 is 12.5 Å². The van der Waals surface area contributed by atoms with E-state index in [0.29, 0.717) is 12.8 Å². The third-order valence-corrected chi connectivity index (χ3v) is 1.16. The van der Waals surface area contributed by atoms with Crippen molar-refractivity contribution in [3.8, 4) is 0 Å². The van der Waals surface area contributed by atoms with Gasteiger partial charge in [0.1, 0.15) is 0 Å². The van der Waals surface area contributed by atoms with Crippen molar-refractivity contribution in [2.75, 3.05) is 0 Å². The summed E-state index contributed by atoms with van der Waals surface area (Å²) in [5.41, 5.74) is 0. The molecule has 1 nitrogen and oxygen atoms in total. The first-order valence-corrected chi connectivity index (χ1v) is 2.64. The molecular formula is C5H6F3O. The molecular weight excluding hydrogens is 133 g/mol. The van der Waals surface area contributed by atoms with Crippen LogP contribution in [0.3, 0.4) is 0 Å². The van der Waals surface area contributed by atoms with Crippen LogP contribution in [0.1, 0.15) is 12.8 Å². The van der Waals surface area contributed by atoms with E-state index in [1.165, 1.54) is 0 Å². The molecule has 9 heavy (non-hydrogen) atoms. The molecule has 0 aliphatic heterocycles. The molecule has 1 aliphatic rings. The largest absolute Gasteiger partial charge is 0.522 e. The molecule has 0 aromatic rings. The molecule has 0 aromatic carbocycles. The quantitative estimate of drug-likeness (QED) is 0.539. The van der Waals surface area contributed by atoms with Crippen LogP contribution in [-0.4, -0.2) is 12.5 Å². The van der Waals surface area contributed by atoms with Gasteiger partial charge in [-0.2, -0.15) is 0 Å². The Bertz CT molecular complexity index is 94.9. The lowest BCUT2D eigenvalue weighted by Crippen LogP contribution is -2.29. The molecule has 0 aromatic heterocycles. The Morgan fingerprint density at radius 1 is 1.33 bits per heavy atom. The predicted octanol–water partition coefficient (Wildman–Crippen LogP) is 1.89. The summed E-state index contributed by atoms with van der Waals surface area (Å²) >= 11 is 0. The molecule has 0 spiro atoms. The zero-order chi connectivity index (χ0) is 6.91.